The van der Waals surface area contributed by atoms with Gasteiger partial charge in [0.05, 0.1) is 17.4 Å². The highest BCUT2D eigenvalue weighted by molar-refractivity contribution is 7.16. The molecule has 2 rings (SSSR count). The molecule has 0 saturated carbocycles. The summed E-state index contributed by atoms with van der Waals surface area (Å²) in [5, 5.41) is 2.91. The van der Waals surface area contributed by atoms with Crippen LogP contribution in [0.2, 0.25) is 4.34 Å². The summed E-state index contributed by atoms with van der Waals surface area (Å²) in [4.78, 5) is 29.5. The molecule has 1 N–H and O–H groups in total. The number of carbonyl (C=O) groups is 2. The van der Waals surface area contributed by atoms with Crippen molar-refractivity contribution in [1.29, 1.82) is 0 Å². The van der Waals surface area contributed by atoms with Gasteiger partial charge >= 0.3 is 0 Å². The molecule has 0 aliphatic heterocycles. The normalized spacial score (nSPS) is 10.8. The van der Waals surface area contributed by atoms with Crippen molar-refractivity contribution in [2.45, 2.75) is 20.4 Å². The third-order valence-electron chi connectivity index (χ3n) is 4.31. The standard InChI is InChI=1S/C21H26ClN3O2S/c1-5-11-25(12-17-9-10-18(22)28-17)14-20(27)24(4)13-19(26)23-21-15(2)7-6-8-16(21)3/h5-10H,1,11-14H2,2-4H3,(H,23,26). The summed E-state index contributed by atoms with van der Waals surface area (Å²) < 4.78 is 0.722. The Morgan fingerprint density at radius 3 is 2.43 bits per heavy atom. The summed E-state index contributed by atoms with van der Waals surface area (Å²) in [7, 11) is 1.64. The molecule has 7 heteroatoms. The van der Waals surface area contributed by atoms with E-state index < -0.39 is 0 Å². The Balaban J connectivity index is 1.92. The molecule has 150 valence electrons. The predicted molar refractivity (Wildman–Crippen MR) is 117 cm³/mol. The third-order valence-corrected chi connectivity index (χ3v) is 5.52. The molecule has 0 bridgehead atoms. The first-order valence-corrected chi connectivity index (χ1v) is 10.2. The number of likely N-dealkylation sites (N-methyl/N-ethyl adjacent to an activating group) is 1. The van der Waals surface area contributed by atoms with E-state index in [4.69, 9.17) is 11.6 Å². The molecule has 0 saturated heterocycles. The van der Waals surface area contributed by atoms with Crippen LogP contribution in [-0.4, -0.2) is 48.3 Å². The van der Waals surface area contributed by atoms with Gasteiger partial charge < -0.3 is 10.2 Å². The van der Waals surface area contributed by atoms with Gasteiger partial charge in [0.1, 0.15) is 0 Å². The van der Waals surface area contributed by atoms with Crippen molar-refractivity contribution >= 4 is 40.4 Å². The van der Waals surface area contributed by atoms with Crippen LogP contribution in [0.15, 0.2) is 43.0 Å². The van der Waals surface area contributed by atoms with Gasteiger partial charge in [-0.3, -0.25) is 14.5 Å². The number of aryl methyl sites for hydroxylation is 2. The number of hydrogen-bond acceptors (Lipinski definition) is 4. The summed E-state index contributed by atoms with van der Waals surface area (Å²) in [5.41, 5.74) is 2.79. The van der Waals surface area contributed by atoms with Crippen LogP contribution < -0.4 is 5.32 Å². The Morgan fingerprint density at radius 1 is 1.18 bits per heavy atom. The number of para-hydroxylation sites is 1. The molecule has 0 atom stereocenters. The molecule has 0 aliphatic carbocycles. The molecule has 2 amide bonds. The van der Waals surface area contributed by atoms with Crippen molar-refractivity contribution in [1.82, 2.24) is 9.80 Å². The number of nitrogens with one attached hydrogen (secondary N) is 1. The zero-order valence-corrected chi connectivity index (χ0v) is 18.1. The van der Waals surface area contributed by atoms with Gasteiger partial charge in [0.2, 0.25) is 11.8 Å². The maximum atomic E-state index is 12.6. The van der Waals surface area contributed by atoms with Gasteiger partial charge in [0.15, 0.2) is 0 Å². The molecule has 0 aliphatic rings. The summed E-state index contributed by atoms with van der Waals surface area (Å²) in [6, 6.07) is 9.64. The minimum atomic E-state index is -0.214. The van der Waals surface area contributed by atoms with E-state index in [1.807, 2.05) is 49.1 Å². The molecule has 0 spiro atoms. The van der Waals surface area contributed by atoms with Crippen molar-refractivity contribution in [2.75, 3.05) is 32.0 Å². The summed E-state index contributed by atoms with van der Waals surface area (Å²) in [6.07, 6.45) is 1.76. The minimum absolute atomic E-state index is 0.000628. The molecule has 1 heterocycles. The van der Waals surface area contributed by atoms with Crippen molar-refractivity contribution in [2.24, 2.45) is 0 Å². The zero-order valence-electron chi connectivity index (χ0n) is 16.5. The Morgan fingerprint density at radius 2 is 1.86 bits per heavy atom. The van der Waals surface area contributed by atoms with Crippen LogP contribution in [0.4, 0.5) is 5.69 Å². The van der Waals surface area contributed by atoms with Gasteiger partial charge in [0.25, 0.3) is 0 Å². The first-order chi connectivity index (χ1) is 13.3. The number of benzene rings is 1. The average molecular weight is 420 g/mol. The quantitative estimate of drug-likeness (QED) is 0.622. The fourth-order valence-electron chi connectivity index (χ4n) is 2.83. The van der Waals surface area contributed by atoms with E-state index in [0.717, 1.165) is 26.0 Å². The number of carbonyl (C=O) groups excluding carboxylic acids is 2. The smallest absolute Gasteiger partial charge is 0.243 e. The van der Waals surface area contributed by atoms with Crippen molar-refractivity contribution in [3.63, 3.8) is 0 Å². The lowest BCUT2D eigenvalue weighted by Gasteiger charge is -2.23. The molecule has 0 unspecified atom stereocenters. The topological polar surface area (TPSA) is 52.7 Å². The third kappa shape index (κ3) is 6.48. The van der Waals surface area contributed by atoms with E-state index >= 15 is 0 Å². The molecule has 5 nitrogen and oxygen atoms in total. The predicted octanol–water partition coefficient (Wildman–Crippen LogP) is 4.10. The van der Waals surface area contributed by atoms with Crippen LogP contribution in [0.1, 0.15) is 16.0 Å². The van der Waals surface area contributed by atoms with Gasteiger partial charge in [0, 0.05) is 30.7 Å². The van der Waals surface area contributed by atoms with E-state index in [1.54, 1.807) is 13.1 Å². The van der Waals surface area contributed by atoms with Crippen LogP contribution in [-0.2, 0) is 16.1 Å². The highest BCUT2D eigenvalue weighted by atomic mass is 35.5. The lowest BCUT2D eigenvalue weighted by Crippen LogP contribution is -2.41. The van der Waals surface area contributed by atoms with Gasteiger partial charge in [-0.1, -0.05) is 35.9 Å². The maximum Gasteiger partial charge on any atom is 0.243 e. The lowest BCUT2D eigenvalue weighted by molar-refractivity contribution is -0.134. The summed E-state index contributed by atoms with van der Waals surface area (Å²) in [6.45, 7) is 9.03. The first-order valence-electron chi connectivity index (χ1n) is 8.97. The maximum absolute atomic E-state index is 12.6. The number of nitrogens with zero attached hydrogens (tertiary/aromatic N) is 2. The highest BCUT2D eigenvalue weighted by Crippen LogP contribution is 2.23. The van der Waals surface area contributed by atoms with Crippen LogP contribution in [0.3, 0.4) is 0 Å². The molecular weight excluding hydrogens is 394 g/mol. The van der Waals surface area contributed by atoms with E-state index in [1.165, 1.54) is 16.2 Å². The van der Waals surface area contributed by atoms with Gasteiger partial charge in [-0.05, 0) is 37.1 Å². The molecule has 2 aromatic rings. The number of anilines is 1. The molecular formula is C21H26ClN3O2S. The van der Waals surface area contributed by atoms with E-state index in [9.17, 15) is 9.59 Å². The highest BCUT2D eigenvalue weighted by Gasteiger charge is 2.18. The van der Waals surface area contributed by atoms with Gasteiger partial charge in [-0.25, -0.2) is 0 Å². The molecule has 1 aromatic heterocycles. The second-order valence-corrected chi connectivity index (χ2v) is 8.53. The number of rotatable bonds is 9. The number of thiophene rings is 1. The van der Waals surface area contributed by atoms with E-state index in [-0.39, 0.29) is 24.9 Å². The van der Waals surface area contributed by atoms with E-state index in [0.29, 0.717) is 13.1 Å². The summed E-state index contributed by atoms with van der Waals surface area (Å²) in [5.74, 6) is -0.338. The van der Waals surface area contributed by atoms with Crippen LogP contribution in [0, 0.1) is 13.8 Å². The van der Waals surface area contributed by atoms with Gasteiger partial charge in [-0.15, -0.1) is 17.9 Å². The Labute approximate surface area is 175 Å². The lowest BCUT2D eigenvalue weighted by atomic mass is 10.1. The SMILES string of the molecule is C=CCN(CC(=O)N(C)CC(=O)Nc1c(C)cccc1C)Cc1ccc(Cl)s1. The van der Waals surface area contributed by atoms with Crippen LogP contribution in [0.5, 0.6) is 0 Å². The molecule has 1 aromatic carbocycles. The zero-order chi connectivity index (χ0) is 20.7. The Kier molecular flexibility index (Phi) is 8.23. The fraction of sp³-hybridized carbons (Fsp3) is 0.333. The average Bonchev–Trinajstić information content (AvgIpc) is 3.03. The molecule has 28 heavy (non-hydrogen) atoms. The minimum Gasteiger partial charge on any atom is -0.335 e. The van der Waals surface area contributed by atoms with Crippen molar-refractivity contribution < 1.29 is 9.59 Å². The molecule has 0 fully saturated rings. The first kappa shape index (κ1) is 22.1. The largest absolute Gasteiger partial charge is 0.335 e. The second kappa shape index (κ2) is 10.4. The second-order valence-electron chi connectivity index (χ2n) is 6.73. The monoisotopic (exact) mass is 419 g/mol. The fourth-order valence-corrected chi connectivity index (χ4v) is 3.96. The van der Waals surface area contributed by atoms with Gasteiger partial charge in [-0.2, -0.15) is 0 Å². The van der Waals surface area contributed by atoms with Crippen molar-refractivity contribution in [3.8, 4) is 0 Å². The van der Waals surface area contributed by atoms with Crippen LogP contribution >= 0.6 is 22.9 Å². The van der Waals surface area contributed by atoms with Crippen LogP contribution in [0.25, 0.3) is 0 Å². The Hall–Kier alpha value is -2.15. The molecule has 0 radical (unpaired) electrons. The number of hydrogen-bond donors (Lipinski definition) is 1. The van der Waals surface area contributed by atoms with E-state index in [2.05, 4.69) is 11.9 Å². The number of halogens is 1. The Bertz CT molecular complexity index is 830. The number of amides is 2. The van der Waals surface area contributed by atoms with Crippen molar-refractivity contribution in [3.05, 3.63) is 63.3 Å². The summed E-state index contributed by atoms with van der Waals surface area (Å²) >= 11 is 7.48.